The van der Waals surface area contributed by atoms with Crippen LogP contribution in [0.2, 0.25) is 0 Å². The first kappa shape index (κ1) is 17.0. The molecule has 0 unspecified atom stereocenters. The van der Waals surface area contributed by atoms with Crippen molar-refractivity contribution in [3.63, 3.8) is 0 Å². The number of benzene rings is 2. The molecule has 0 saturated heterocycles. The zero-order valence-electron chi connectivity index (χ0n) is 13.6. The summed E-state index contributed by atoms with van der Waals surface area (Å²) >= 11 is 0. The first-order valence-electron chi connectivity index (χ1n) is 7.78. The lowest BCUT2D eigenvalue weighted by atomic mass is 9.93. The van der Waals surface area contributed by atoms with E-state index in [0.717, 1.165) is 23.1 Å². The molecule has 23 heavy (non-hydrogen) atoms. The summed E-state index contributed by atoms with van der Waals surface area (Å²) in [4.78, 5) is 12.5. The molecule has 0 atom stereocenters. The molecule has 0 radical (unpaired) electrons. The van der Waals surface area contributed by atoms with Crippen LogP contribution in [0.15, 0.2) is 66.2 Å². The van der Waals surface area contributed by atoms with Crippen molar-refractivity contribution < 1.29 is 14.3 Å². The predicted octanol–water partition coefficient (Wildman–Crippen LogP) is 4.09. The summed E-state index contributed by atoms with van der Waals surface area (Å²) in [7, 11) is 1.58. The fourth-order valence-corrected chi connectivity index (χ4v) is 2.38. The van der Waals surface area contributed by atoms with Crippen LogP contribution in [0.1, 0.15) is 24.5 Å². The molecule has 0 spiro atoms. The highest BCUT2D eigenvalue weighted by molar-refractivity contribution is 6.02. The third-order valence-corrected chi connectivity index (χ3v) is 3.40. The lowest BCUT2D eigenvalue weighted by Gasteiger charge is -2.15. The monoisotopic (exact) mass is 310 g/mol. The van der Waals surface area contributed by atoms with Crippen LogP contribution in [-0.4, -0.2) is 26.3 Å². The maximum atomic E-state index is 12.5. The minimum atomic E-state index is -0.323. The van der Waals surface area contributed by atoms with Crippen molar-refractivity contribution in [3.8, 4) is 0 Å². The summed E-state index contributed by atoms with van der Waals surface area (Å²) in [5.74, 6) is -0.323. The molecule has 2 aromatic carbocycles. The molecule has 0 heterocycles. The Kier molecular flexibility index (Phi) is 6.57. The van der Waals surface area contributed by atoms with Crippen LogP contribution >= 0.6 is 0 Å². The SMILES string of the molecule is CCCOC(=O)C(COC)=C(c1ccccc1)c1ccccc1. The molecule has 0 aliphatic heterocycles. The van der Waals surface area contributed by atoms with Crippen LogP contribution in [0.4, 0.5) is 0 Å². The van der Waals surface area contributed by atoms with Crippen molar-refractivity contribution in [2.45, 2.75) is 13.3 Å². The van der Waals surface area contributed by atoms with Gasteiger partial charge in [0.2, 0.25) is 0 Å². The number of methoxy groups -OCH3 is 1. The standard InChI is InChI=1S/C20H22O3/c1-3-14-23-20(21)18(15-22-2)19(16-10-6-4-7-11-16)17-12-8-5-9-13-17/h4-13H,3,14-15H2,1-2H3. The van der Waals surface area contributed by atoms with Crippen LogP contribution in [0.5, 0.6) is 0 Å². The summed E-state index contributed by atoms with van der Waals surface area (Å²) in [6, 6.07) is 19.7. The molecule has 3 nitrogen and oxygen atoms in total. The molecule has 3 heteroatoms. The Bertz CT molecular complexity index is 604. The molecule has 2 aromatic rings. The number of carbonyl (C=O) groups is 1. The Morgan fingerprint density at radius 1 is 0.913 bits per heavy atom. The largest absolute Gasteiger partial charge is 0.462 e. The van der Waals surface area contributed by atoms with E-state index in [2.05, 4.69) is 0 Å². The summed E-state index contributed by atoms with van der Waals surface area (Å²) in [6.45, 7) is 2.59. The summed E-state index contributed by atoms with van der Waals surface area (Å²) < 4.78 is 10.6. The van der Waals surface area contributed by atoms with Crippen molar-refractivity contribution in [2.75, 3.05) is 20.3 Å². The second-order valence-corrected chi connectivity index (χ2v) is 5.15. The van der Waals surface area contributed by atoms with Gasteiger partial charge in [0, 0.05) is 12.7 Å². The van der Waals surface area contributed by atoms with Crippen LogP contribution in [0.3, 0.4) is 0 Å². The highest BCUT2D eigenvalue weighted by Crippen LogP contribution is 2.27. The predicted molar refractivity (Wildman–Crippen MR) is 92.0 cm³/mol. The van der Waals surface area contributed by atoms with Crippen LogP contribution in [0, 0.1) is 0 Å². The Labute approximate surface area is 137 Å². The molecular weight excluding hydrogens is 288 g/mol. The van der Waals surface area contributed by atoms with Crippen LogP contribution in [0.25, 0.3) is 5.57 Å². The summed E-state index contributed by atoms with van der Waals surface area (Å²) in [5, 5.41) is 0. The summed E-state index contributed by atoms with van der Waals surface area (Å²) in [5.41, 5.74) is 3.34. The van der Waals surface area contributed by atoms with E-state index >= 15 is 0 Å². The van der Waals surface area contributed by atoms with E-state index in [1.54, 1.807) is 7.11 Å². The number of carbonyl (C=O) groups excluding carboxylic acids is 1. The molecule has 0 saturated carbocycles. The molecular formula is C20H22O3. The lowest BCUT2D eigenvalue weighted by molar-refractivity contribution is -0.139. The Morgan fingerprint density at radius 3 is 1.87 bits per heavy atom. The molecule has 0 bridgehead atoms. The van der Waals surface area contributed by atoms with Crippen LogP contribution in [-0.2, 0) is 14.3 Å². The van der Waals surface area contributed by atoms with Gasteiger partial charge in [-0.3, -0.25) is 0 Å². The maximum Gasteiger partial charge on any atom is 0.337 e. The Morgan fingerprint density at radius 2 is 1.43 bits per heavy atom. The van der Waals surface area contributed by atoms with Gasteiger partial charge in [-0.1, -0.05) is 67.6 Å². The average Bonchev–Trinajstić information content (AvgIpc) is 2.61. The number of ether oxygens (including phenoxy) is 2. The number of hydrogen-bond acceptors (Lipinski definition) is 3. The van der Waals surface area contributed by atoms with Crippen LogP contribution < -0.4 is 0 Å². The van der Waals surface area contributed by atoms with Crippen molar-refractivity contribution >= 4 is 11.5 Å². The van der Waals surface area contributed by atoms with Gasteiger partial charge in [0.1, 0.15) is 0 Å². The fraction of sp³-hybridized carbons (Fsp3) is 0.250. The van der Waals surface area contributed by atoms with E-state index in [9.17, 15) is 4.79 Å². The van der Waals surface area contributed by atoms with Gasteiger partial charge in [-0.2, -0.15) is 0 Å². The van der Waals surface area contributed by atoms with Gasteiger partial charge in [0.25, 0.3) is 0 Å². The minimum absolute atomic E-state index is 0.210. The molecule has 0 amide bonds. The fourth-order valence-electron chi connectivity index (χ4n) is 2.38. The van der Waals surface area contributed by atoms with Crippen molar-refractivity contribution in [1.82, 2.24) is 0 Å². The molecule has 0 aliphatic carbocycles. The highest BCUT2D eigenvalue weighted by atomic mass is 16.5. The number of esters is 1. The van der Waals surface area contributed by atoms with Gasteiger partial charge in [0.05, 0.1) is 18.8 Å². The van der Waals surface area contributed by atoms with Gasteiger partial charge in [-0.15, -0.1) is 0 Å². The van der Waals surface area contributed by atoms with Crippen molar-refractivity contribution in [1.29, 1.82) is 0 Å². The van der Waals surface area contributed by atoms with E-state index in [4.69, 9.17) is 9.47 Å². The zero-order valence-corrected chi connectivity index (χ0v) is 13.6. The van der Waals surface area contributed by atoms with Gasteiger partial charge >= 0.3 is 5.97 Å². The first-order chi connectivity index (χ1) is 11.3. The molecule has 0 N–H and O–H groups in total. The van der Waals surface area contributed by atoms with Gasteiger partial charge < -0.3 is 9.47 Å². The molecule has 0 aliphatic rings. The van der Waals surface area contributed by atoms with Crippen molar-refractivity contribution in [3.05, 3.63) is 77.4 Å². The Balaban J connectivity index is 2.57. The third kappa shape index (κ3) is 4.54. The topological polar surface area (TPSA) is 35.5 Å². The normalized spacial score (nSPS) is 10.2. The van der Waals surface area contributed by atoms with E-state index in [0.29, 0.717) is 12.2 Å². The van der Waals surface area contributed by atoms with Gasteiger partial charge in [-0.25, -0.2) is 4.79 Å². The number of rotatable bonds is 7. The maximum absolute atomic E-state index is 12.5. The van der Waals surface area contributed by atoms with E-state index in [-0.39, 0.29) is 12.6 Å². The minimum Gasteiger partial charge on any atom is -0.462 e. The summed E-state index contributed by atoms with van der Waals surface area (Å²) in [6.07, 6.45) is 0.790. The zero-order chi connectivity index (χ0) is 16.5. The number of hydrogen-bond donors (Lipinski definition) is 0. The van der Waals surface area contributed by atoms with E-state index in [1.165, 1.54) is 0 Å². The lowest BCUT2D eigenvalue weighted by Crippen LogP contribution is -2.15. The highest BCUT2D eigenvalue weighted by Gasteiger charge is 2.19. The first-order valence-corrected chi connectivity index (χ1v) is 7.78. The Hall–Kier alpha value is -2.39. The van der Waals surface area contributed by atoms with E-state index in [1.807, 2.05) is 67.6 Å². The molecule has 0 aromatic heterocycles. The van der Waals surface area contributed by atoms with E-state index < -0.39 is 0 Å². The molecule has 0 fully saturated rings. The smallest absolute Gasteiger partial charge is 0.337 e. The second-order valence-electron chi connectivity index (χ2n) is 5.15. The third-order valence-electron chi connectivity index (χ3n) is 3.40. The quantitative estimate of drug-likeness (QED) is 0.571. The van der Waals surface area contributed by atoms with Crippen molar-refractivity contribution in [2.24, 2.45) is 0 Å². The average molecular weight is 310 g/mol. The molecule has 120 valence electrons. The van der Waals surface area contributed by atoms with Gasteiger partial charge in [-0.05, 0) is 17.5 Å². The molecule has 2 rings (SSSR count). The second kappa shape index (κ2) is 8.91. The van der Waals surface area contributed by atoms with Gasteiger partial charge in [0.15, 0.2) is 0 Å².